The summed E-state index contributed by atoms with van der Waals surface area (Å²) < 4.78 is 11.5. The zero-order valence-electron chi connectivity index (χ0n) is 17.0. The van der Waals surface area contributed by atoms with E-state index in [-0.39, 0.29) is 5.91 Å². The minimum absolute atomic E-state index is 0.174. The Bertz CT molecular complexity index is 1090. The van der Waals surface area contributed by atoms with Crippen LogP contribution in [0.2, 0.25) is 0 Å². The zero-order valence-corrected chi connectivity index (χ0v) is 17.0. The smallest absolute Gasteiger partial charge is 0.255 e. The van der Waals surface area contributed by atoms with E-state index >= 15 is 0 Å². The maximum absolute atomic E-state index is 12.5. The second kappa shape index (κ2) is 10.1. The summed E-state index contributed by atoms with van der Waals surface area (Å²) in [7, 11) is 0. The van der Waals surface area contributed by atoms with Gasteiger partial charge in [-0.25, -0.2) is 0 Å². The van der Waals surface area contributed by atoms with Crippen LogP contribution in [0.4, 0.5) is 5.69 Å². The molecule has 0 saturated heterocycles. The maximum Gasteiger partial charge on any atom is 0.255 e. The summed E-state index contributed by atoms with van der Waals surface area (Å²) in [5.41, 5.74) is 3.48. The SMILES string of the molecule is O=C(Nc1ccc(OCc2ccccc2)cc1)c1ccc(OCc2ccccc2)cc1. The molecule has 4 aromatic rings. The third kappa shape index (κ3) is 5.97. The van der Waals surface area contributed by atoms with Crippen molar-refractivity contribution in [3.8, 4) is 11.5 Å². The summed E-state index contributed by atoms with van der Waals surface area (Å²) in [6.45, 7) is 0.996. The minimum Gasteiger partial charge on any atom is -0.489 e. The number of anilines is 1. The van der Waals surface area contributed by atoms with Crippen LogP contribution in [0.15, 0.2) is 109 Å². The van der Waals surface area contributed by atoms with Crippen molar-refractivity contribution in [2.45, 2.75) is 13.2 Å². The summed E-state index contributed by atoms with van der Waals surface area (Å²) in [4.78, 5) is 12.5. The van der Waals surface area contributed by atoms with E-state index < -0.39 is 0 Å². The Morgan fingerprint density at radius 2 is 1.03 bits per heavy atom. The fourth-order valence-electron chi connectivity index (χ4n) is 3.02. The lowest BCUT2D eigenvalue weighted by atomic mass is 10.2. The first-order valence-electron chi connectivity index (χ1n) is 10.1. The van der Waals surface area contributed by atoms with Crippen molar-refractivity contribution in [1.82, 2.24) is 0 Å². The predicted molar refractivity (Wildman–Crippen MR) is 122 cm³/mol. The lowest BCUT2D eigenvalue weighted by molar-refractivity contribution is 0.102. The minimum atomic E-state index is -0.174. The number of ether oxygens (including phenoxy) is 2. The Morgan fingerprint density at radius 1 is 0.581 bits per heavy atom. The zero-order chi connectivity index (χ0) is 21.3. The number of carbonyl (C=O) groups is 1. The Hall–Kier alpha value is -4.05. The van der Waals surface area contributed by atoms with Gasteiger partial charge in [-0.1, -0.05) is 60.7 Å². The molecule has 4 nitrogen and oxygen atoms in total. The Kier molecular flexibility index (Phi) is 6.61. The van der Waals surface area contributed by atoms with Gasteiger partial charge in [0.15, 0.2) is 0 Å². The highest BCUT2D eigenvalue weighted by molar-refractivity contribution is 6.04. The average molecular weight is 409 g/mol. The van der Waals surface area contributed by atoms with Gasteiger partial charge < -0.3 is 14.8 Å². The molecule has 0 heterocycles. The van der Waals surface area contributed by atoms with Crippen LogP contribution in [0, 0.1) is 0 Å². The van der Waals surface area contributed by atoms with Gasteiger partial charge in [0.05, 0.1) is 0 Å². The normalized spacial score (nSPS) is 10.3. The van der Waals surface area contributed by atoms with Crippen molar-refractivity contribution >= 4 is 11.6 Å². The molecule has 0 saturated carbocycles. The molecule has 0 aliphatic rings. The molecule has 0 spiro atoms. The molecule has 31 heavy (non-hydrogen) atoms. The first-order chi connectivity index (χ1) is 15.3. The Morgan fingerprint density at radius 3 is 1.52 bits per heavy atom. The van der Waals surface area contributed by atoms with Gasteiger partial charge in [-0.15, -0.1) is 0 Å². The highest BCUT2D eigenvalue weighted by Gasteiger charge is 2.07. The number of hydrogen-bond acceptors (Lipinski definition) is 3. The molecular formula is C27H23NO3. The quantitative estimate of drug-likeness (QED) is 0.383. The van der Waals surface area contributed by atoms with E-state index in [0.29, 0.717) is 24.5 Å². The highest BCUT2D eigenvalue weighted by Crippen LogP contribution is 2.19. The summed E-state index contributed by atoms with van der Waals surface area (Å²) in [5.74, 6) is 1.30. The molecule has 1 amide bonds. The van der Waals surface area contributed by atoms with Crippen molar-refractivity contribution in [3.05, 3.63) is 126 Å². The molecular weight excluding hydrogens is 386 g/mol. The summed E-state index contributed by atoms with van der Waals surface area (Å²) in [6, 6.07) is 34.4. The standard InChI is InChI=1S/C27H23NO3/c29-27(23-11-15-25(16-12-23)30-19-21-7-3-1-4-8-21)28-24-13-17-26(18-14-24)31-20-22-9-5-2-6-10-22/h1-18H,19-20H2,(H,28,29). The molecule has 0 unspecified atom stereocenters. The summed E-state index contributed by atoms with van der Waals surface area (Å²) >= 11 is 0. The van der Waals surface area contributed by atoms with Gasteiger partial charge in [0.2, 0.25) is 0 Å². The van der Waals surface area contributed by atoms with Gasteiger partial charge in [0, 0.05) is 11.3 Å². The van der Waals surface area contributed by atoms with Gasteiger partial charge in [0.25, 0.3) is 5.91 Å². The van der Waals surface area contributed by atoms with Gasteiger partial charge >= 0.3 is 0 Å². The third-order valence-corrected chi connectivity index (χ3v) is 4.73. The van der Waals surface area contributed by atoms with Crippen LogP contribution in [0.1, 0.15) is 21.5 Å². The largest absolute Gasteiger partial charge is 0.489 e. The molecule has 0 bridgehead atoms. The van der Waals surface area contributed by atoms with E-state index in [0.717, 1.165) is 22.6 Å². The first-order valence-corrected chi connectivity index (χ1v) is 10.1. The van der Waals surface area contributed by atoms with Gasteiger partial charge in [-0.05, 0) is 59.7 Å². The molecule has 0 aromatic heterocycles. The molecule has 0 fully saturated rings. The highest BCUT2D eigenvalue weighted by atomic mass is 16.5. The molecule has 1 N–H and O–H groups in total. The molecule has 4 aromatic carbocycles. The van der Waals surface area contributed by atoms with Crippen LogP contribution in [0.25, 0.3) is 0 Å². The molecule has 0 aliphatic carbocycles. The molecule has 4 rings (SSSR count). The molecule has 0 radical (unpaired) electrons. The number of carbonyl (C=O) groups excluding carboxylic acids is 1. The maximum atomic E-state index is 12.5. The van der Waals surface area contributed by atoms with Crippen LogP contribution in [-0.2, 0) is 13.2 Å². The summed E-state index contributed by atoms with van der Waals surface area (Å²) in [5, 5.41) is 2.90. The van der Waals surface area contributed by atoms with E-state index in [9.17, 15) is 4.79 Å². The van der Waals surface area contributed by atoms with E-state index in [1.807, 2.05) is 84.9 Å². The van der Waals surface area contributed by atoms with E-state index in [1.165, 1.54) is 0 Å². The van der Waals surface area contributed by atoms with E-state index in [2.05, 4.69) is 5.32 Å². The van der Waals surface area contributed by atoms with Crippen LogP contribution in [0.3, 0.4) is 0 Å². The van der Waals surface area contributed by atoms with Gasteiger partial charge in [-0.3, -0.25) is 4.79 Å². The monoisotopic (exact) mass is 409 g/mol. The molecule has 154 valence electrons. The Labute approximate surface area is 182 Å². The third-order valence-electron chi connectivity index (χ3n) is 4.73. The number of benzene rings is 4. The van der Waals surface area contributed by atoms with Gasteiger partial charge in [-0.2, -0.15) is 0 Å². The van der Waals surface area contributed by atoms with Crippen LogP contribution in [0.5, 0.6) is 11.5 Å². The second-order valence-electron chi connectivity index (χ2n) is 7.05. The number of nitrogens with one attached hydrogen (secondary N) is 1. The van der Waals surface area contributed by atoms with Crippen molar-refractivity contribution in [2.75, 3.05) is 5.32 Å². The lowest BCUT2D eigenvalue weighted by Gasteiger charge is -2.09. The lowest BCUT2D eigenvalue weighted by Crippen LogP contribution is -2.11. The Balaban J connectivity index is 1.28. The molecule has 4 heteroatoms. The number of hydrogen-bond donors (Lipinski definition) is 1. The van der Waals surface area contributed by atoms with Crippen LogP contribution in [-0.4, -0.2) is 5.91 Å². The fraction of sp³-hybridized carbons (Fsp3) is 0.0741. The van der Waals surface area contributed by atoms with Crippen molar-refractivity contribution in [2.24, 2.45) is 0 Å². The van der Waals surface area contributed by atoms with E-state index in [1.54, 1.807) is 24.3 Å². The summed E-state index contributed by atoms with van der Waals surface area (Å²) in [6.07, 6.45) is 0. The topological polar surface area (TPSA) is 47.6 Å². The van der Waals surface area contributed by atoms with Crippen LogP contribution < -0.4 is 14.8 Å². The number of rotatable bonds is 8. The van der Waals surface area contributed by atoms with Crippen molar-refractivity contribution in [3.63, 3.8) is 0 Å². The fourth-order valence-corrected chi connectivity index (χ4v) is 3.02. The molecule has 0 atom stereocenters. The first kappa shape index (κ1) is 20.2. The van der Waals surface area contributed by atoms with Crippen molar-refractivity contribution < 1.29 is 14.3 Å². The van der Waals surface area contributed by atoms with Crippen molar-refractivity contribution in [1.29, 1.82) is 0 Å². The predicted octanol–water partition coefficient (Wildman–Crippen LogP) is 6.10. The van der Waals surface area contributed by atoms with Crippen LogP contribution >= 0.6 is 0 Å². The average Bonchev–Trinajstić information content (AvgIpc) is 2.84. The second-order valence-corrected chi connectivity index (χ2v) is 7.05. The molecule has 0 aliphatic heterocycles. The number of amides is 1. The van der Waals surface area contributed by atoms with E-state index in [4.69, 9.17) is 9.47 Å². The van der Waals surface area contributed by atoms with Gasteiger partial charge in [0.1, 0.15) is 24.7 Å².